The first-order valence-corrected chi connectivity index (χ1v) is 8.09. The highest BCUT2D eigenvalue weighted by Crippen LogP contribution is 2.50. The lowest BCUT2D eigenvalue weighted by Crippen LogP contribution is -2.22. The Balaban J connectivity index is 2.07. The van der Waals surface area contributed by atoms with Crippen molar-refractivity contribution in [2.24, 2.45) is 0 Å². The fourth-order valence-corrected chi connectivity index (χ4v) is 4.53. The van der Waals surface area contributed by atoms with Gasteiger partial charge in [-0.1, -0.05) is 35.7 Å². The molecule has 4 nitrogen and oxygen atoms in total. The van der Waals surface area contributed by atoms with Crippen LogP contribution in [0.3, 0.4) is 0 Å². The van der Waals surface area contributed by atoms with Gasteiger partial charge in [-0.3, -0.25) is 4.79 Å². The van der Waals surface area contributed by atoms with Gasteiger partial charge in [-0.05, 0) is 19.1 Å². The van der Waals surface area contributed by atoms with Crippen LogP contribution < -0.4 is 15.0 Å². The van der Waals surface area contributed by atoms with Crippen molar-refractivity contribution in [1.82, 2.24) is 5.32 Å². The van der Waals surface area contributed by atoms with E-state index in [1.807, 2.05) is 18.2 Å². The minimum absolute atomic E-state index is 0.110. The van der Waals surface area contributed by atoms with Crippen LogP contribution in [0.1, 0.15) is 6.92 Å². The lowest BCUT2D eigenvalue weighted by Gasteiger charge is -2.19. The fraction of sp³-hybridized carbons (Fsp3) is 0.231. The summed E-state index contributed by atoms with van der Waals surface area (Å²) in [5, 5.41) is 3.61. The third kappa shape index (κ3) is 2.19. The highest BCUT2D eigenvalue weighted by atomic mass is 32.2. The molecular weight excluding hydrogens is 312 g/mol. The average molecular weight is 324 g/mol. The second kappa shape index (κ2) is 5.31. The molecule has 20 heavy (non-hydrogen) atoms. The molecule has 2 heterocycles. The zero-order valence-corrected chi connectivity index (χ0v) is 13.4. The molecule has 1 aromatic rings. The largest absolute Gasteiger partial charge is 0.497 e. The first kappa shape index (κ1) is 13.8. The number of anilines is 1. The van der Waals surface area contributed by atoms with Gasteiger partial charge in [0.05, 0.1) is 12.8 Å². The molecular formula is C13H12N2O2S3. The highest BCUT2D eigenvalue weighted by Gasteiger charge is 2.34. The number of rotatable bonds is 2. The minimum atomic E-state index is -0.110. The monoisotopic (exact) mass is 324 g/mol. The van der Waals surface area contributed by atoms with E-state index >= 15 is 0 Å². The van der Waals surface area contributed by atoms with Gasteiger partial charge in [0.25, 0.3) is 5.91 Å². The molecule has 1 saturated heterocycles. The summed E-state index contributed by atoms with van der Waals surface area (Å²) in [4.78, 5) is 15.9. The molecule has 0 aliphatic carbocycles. The first-order chi connectivity index (χ1) is 9.63. The highest BCUT2D eigenvalue weighted by molar-refractivity contribution is 8.27. The van der Waals surface area contributed by atoms with E-state index in [2.05, 4.69) is 17.1 Å². The van der Waals surface area contributed by atoms with E-state index in [1.165, 1.54) is 11.8 Å². The van der Waals surface area contributed by atoms with Gasteiger partial charge >= 0.3 is 0 Å². The van der Waals surface area contributed by atoms with Crippen molar-refractivity contribution in [3.8, 4) is 5.75 Å². The van der Waals surface area contributed by atoms with Crippen LogP contribution >= 0.6 is 35.7 Å². The van der Waals surface area contributed by atoms with Crippen LogP contribution in [0.4, 0.5) is 5.69 Å². The normalized spacial score (nSPS) is 21.2. The molecule has 0 aromatic heterocycles. The molecule has 0 saturated carbocycles. The molecule has 1 aromatic carbocycles. The summed E-state index contributed by atoms with van der Waals surface area (Å²) in [5.74, 6) is 0.703. The van der Waals surface area contributed by atoms with Crippen molar-refractivity contribution in [1.29, 1.82) is 0 Å². The molecule has 0 spiro atoms. The minimum Gasteiger partial charge on any atom is -0.497 e. The number of nitrogens with one attached hydrogen (secondary N) is 1. The van der Waals surface area contributed by atoms with Crippen LogP contribution in [0.15, 0.2) is 33.0 Å². The number of amides is 1. The van der Waals surface area contributed by atoms with E-state index in [0.717, 1.165) is 27.9 Å². The standard InChI is InChI=1S/C13H12N2O2S3/c1-3-15-8-6-7(17-2)4-5-9(8)19-12(15)10-11(16)14-13(18)20-10/h4-6H,3H2,1-2H3,(H,14,16,18). The maximum absolute atomic E-state index is 12.0. The van der Waals surface area contributed by atoms with Crippen molar-refractivity contribution in [2.75, 3.05) is 18.6 Å². The number of nitrogens with zero attached hydrogens (tertiary/aromatic N) is 1. The lowest BCUT2D eigenvalue weighted by molar-refractivity contribution is -0.115. The number of thiocarbonyl (C=S) groups is 1. The van der Waals surface area contributed by atoms with Gasteiger partial charge in [0.1, 0.15) is 20.0 Å². The number of carbonyl (C=O) groups is 1. The van der Waals surface area contributed by atoms with Crippen LogP contribution in [0.5, 0.6) is 5.75 Å². The van der Waals surface area contributed by atoms with Crippen molar-refractivity contribution < 1.29 is 9.53 Å². The van der Waals surface area contributed by atoms with Gasteiger partial charge in [0, 0.05) is 17.5 Å². The van der Waals surface area contributed by atoms with E-state index in [4.69, 9.17) is 17.0 Å². The van der Waals surface area contributed by atoms with Crippen molar-refractivity contribution in [3.63, 3.8) is 0 Å². The van der Waals surface area contributed by atoms with E-state index in [0.29, 0.717) is 9.23 Å². The molecule has 7 heteroatoms. The van der Waals surface area contributed by atoms with Gasteiger partial charge in [0.15, 0.2) is 0 Å². The molecule has 1 amide bonds. The molecule has 1 fully saturated rings. The Morgan fingerprint density at radius 1 is 1.40 bits per heavy atom. The number of hydrogen-bond acceptors (Lipinski definition) is 6. The Morgan fingerprint density at radius 2 is 2.20 bits per heavy atom. The van der Waals surface area contributed by atoms with Crippen molar-refractivity contribution >= 4 is 51.7 Å². The van der Waals surface area contributed by atoms with Gasteiger partial charge in [0.2, 0.25) is 0 Å². The van der Waals surface area contributed by atoms with Gasteiger partial charge < -0.3 is 15.0 Å². The van der Waals surface area contributed by atoms with E-state index in [9.17, 15) is 4.79 Å². The smallest absolute Gasteiger partial charge is 0.266 e. The van der Waals surface area contributed by atoms with E-state index < -0.39 is 0 Å². The van der Waals surface area contributed by atoms with Gasteiger partial charge in [-0.15, -0.1) is 0 Å². The second-order valence-electron chi connectivity index (χ2n) is 4.16. The maximum Gasteiger partial charge on any atom is 0.266 e. The molecule has 0 atom stereocenters. The molecule has 2 aliphatic heterocycles. The summed E-state index contributed by atoms with van der Waals surface area (Å²) in [7, 11) is 1.65. The molecule has 0 bridgehead atoms. The van der Waals surface area contributed by atoms with Gasteiger partial charge in [-0.25, -0.2) is 0 Å². The summed E-state index contributed by atoms with van der Waals surface area (Å²) in [6.45, 7) is 2.85. The zero-order chi connectivity index (χ0) is 14.3. The van der Waals surface area contributed by atoms with Gasteiger partial charge in [-0.2, -0.15) is 0 Å². The lowest BCUT2D eigenvalue weighted by atomic mass is 10.2. The average Bonchev–Trinajstić information content (AvgIpc) is 2.96. The predicted molar refractivity (Wildman–Crippen MR) is 87.2 cm³/mol. The molecule has 1 N–H and O–H groups in total. The molecule has 0 unspecified atom stereocenters. The Morgan fingerprint density at radius 3 is 2.80 bits per heavy atom. The van der Waals surface area contributed by atoms with E-state index in [-0.39, 0.29) is 5.91 Å². The first-order valence-electron chi connectivity index (χ1n) is 6.05. The summed E-state index contributed by atoms with van der Waals surface area (Å²) in [5.41, 5.74) is 1.07. The number of ether oxygens (including phenoxy) is 1. The number of hydrogen-bond donors (Lipinski definition) is 1. The predicted octanol–water partition coefficient (Wildman–Crippen LogP) is 2.94. The third-order valence-corrected chi connectivity index (χ3v) is 5.57. The Hall–Kier alpha value is -1.18. The fourth-order valence-electron chi connectivity index (χ4n) is 2.13. The summed E-state index contributed by atoms with van der Waals surface area (Å²) in [6, 6.07) is 5.94. The Bertz CT molecular complexity index is 643. The van der Waals surface area contributed by atoms with Crippen LogP contribution in [0, 0.1) is 0 Å². The number of methoxy groups -OCH3 is 1. The summed E-state index contributed by atoms with van der Waals surface area (Å²) >= 11 is 7.99. The maximum atomic E-state index is 12.0. The van der Waals surface area contributed by atoms with Crippen LogP contribution in [0.25, 0.3) is 0 Å². The Kier molecular flexibility index (Phi) is 3.66. The molecule has 104 valence electrons. The zero-order valence-electron chi connectivity index (χ0n) is 10.9. The van der Waals surface area contributed by atoms with Crippen LogP contribution in [-0.2, 0) is 4.79 Å². The van der Waals surface area contributed by atoms with Crippen LogP contribution in [-0.4, -0.2) is 23.9 Å². The second-order valence-corrected chi connectivity index (χ2v) is 6.88. The van der Waals surface area contributed by atoms with E-state index in [1.54, 1.807) is 18.9 Å². The van der Waals surface area contributed by atoms with Crippen molar-refractivity contribution in [3.05, 3.63) is 28.1 Å². The third-order valence-electron chi connectivity index (χ3n) is 3.04. The number of thioether (sulfide) groups is 2. The number of fused-ring (bicyclic) bond motifs is 1. The SMILES string of the molecule is CCN1C(=C2SC(=S)NC2=O)Sc2ccc(OC)cc21. The topological polar surface area (TPSA) is 41.6 Å². The molecule has 0 radical (unpaired) electrons. The Labute approximate surface area is 130 Å². The summed E-state index contributed by atoms with van der Waals surface area (Å²) < 4.78 is 5.79. The summed E-state index contributed by atoms with van der Waals surface area (Å²) in [6.07, 6.45) is 0. The number of benzene rings is 1. The van der Waals surface area contributed by atoms with Crippen molar-refractivity contribution in [2.45, 2.75) is 11.8 Å². The molecule has 3 rings (SSSR count). The molecule has 2 aliphatic rings. The quantitative estimate of drug-likeness (QED) is 0.666. The van der Waals surface area contributed by atoms with Crippen LogP contribution in [0.2, 0.25) is 0 Å². The number of carbonyl (C=O) groups excluding carboxylic acids is 1.